The van der Waals surface area contributed by atoms with E-state index in [0.29, 0.717) is 5.91 Å². The van der Waals surface area contributed by atoms with E-state index in [1.54, 1.807) is 0 Å². The molecule has 0 atom stereocenters. The van der Waals surface area contributed by atoms with Gasteiger partial charge in [0.25, 0.3) is 0 Å². The Labute approximate surface area is 174 Å². The molecular formula is C25H33N3O. The lowest BCUT2D eigenvalue weighted by atomic mass is 9.74. The first-order chi connectivity index (χ1) is 14.1. The van der Waals surface area contributed by atoms with Crippen molar-refractivity contribution in [1.82, 2.24) is 9.80 Å². The van der Waals surface area contributed by atoms with E-state index in [4.69, 9.17) is 5.41 Å². The van der Waals surface area contributed by atoms with Gasteiger partial charge < -0.3 is 15.2 Å². The number of carbonyl (C=O) groups excluding carboxylic acids is 1. The summed E-state index contributed by atoms with van der Waals surface area (Å²) in [5, 5.41) is 7.32. The summed E-state index contributed by atoms with van der Waals surface area (Å²) in [6, 6.07) is 8.71. The summed E-state index contributed by atoms with van der Waals surface area (Å²) in [6.07, 6.45) is 14.0. The Kier molecular flexibility index (Phi) is 5.89. The van der Waals surface area contributed by atoms with E-state index >= 15 is 0 Å². The summed E-state index contributed by atoms with van der Waals surface area (Å²) < 4.78 is 0. The zero-order valence-corrected chi connectivity index (χ0v) is 17.6. The average molecular weight is 392 g/mol. The second-order valence-corrected chi connectivity index (χ2v) is 8.76. The minimum atomic E-state index is 0.146. The van der Waals surface area contributed by atoms with Gasteiger partial charge in [-0.1, -0.05) is 43.3 Å². The van der Waals surface area contributed by atoms with E-state index in [9.17, 15) is 4.79 Å². The number of rotatable bonds is 5. The largest absolute Gasteiger partial charge is 0.377 e. The predicted octanol–water partition coefficient (Wildman–Crippen LogP) is 4.62. The maximum Gasteiger partial charge on any atom is 0.225 e. The van der Waals surface area contributed by atoms with Gasteiger partial charge in [-0.05, 0) is 61.2 Å². The normalized spacial score (nSPS) is 21.5. The number of likely N-dealkylation sites (tertiary alicyclic amines) is 2. The zero-order valence-electron chi connectivity index (χ0n) is 17.6. The fraction of sp³-hybridized carbons (Fsp3) is 0.520. The topological polar surface area (TPSA) is 47.4 Å². The molecule has 154 valence electrons. The zero-order chi connectivity index (χ0) is 20.3. The van der Waals surface area contributed by atoms with E-state index < -0.39 is 0 Å². The van der Waals surface area contributed by atoms with Gasteiger partial charge >= 0.3 is 0 Å². The Morgan fingerprint density at radius 1 is 1.17 bits per heavy atom. The van der Waals surface area contributed by atoms with Gasteiger partial charge in [0.05, 0.1) is 0 Å². The van der Waals surface area contributed by atoms with Crippen LogP contribution in [0.2, 0.25) is 0 Å². The highest BCUT2D eigenvalue weighted by atomic mass is 16.2. The molecule has 3 aliphatic rings. The highest BCUT2D eigenvalue weighted by Gasteiger charge is 2.40. The number of carbonyl (C=O) groups is 1. The molecule has 2 saturated heterocycles. The Morgan fingerprint density at radius 2 is 1.90 bits per heavy atom. The maximum absolute atomic E-state index is 13.1. The summed E-state index contributed by atoms with van der Waals surface area (Å²) in [6.45, 7) is 5.79. The van der Waals surface area contributed by atoms with Gasteiger partial charge in [0, 0.05) is 43.9 Å². The molecule has 1 aliphatic carbocycles. The number of amides is 1. The molecule has 4 nitrogen and oxygen atoms in total. The number of allylic oxidation sites excluding steroid dienone is 2. The quantitative estimate of drug-likeness (QED) is 0.745. The Morgan fingerprint density at radius 3 is 2.59 bits per heavy atom. The Bertz CT molecular complexity index is 809. The summed E-state index contributed by atoms with van der Waals surface area (Å²) in [4.78, 5) is 17.6. The minimum Gasteiger partial charge on any atom is -0.377 e. The SMILES string of the molecule is CC/C(=C/N1CCC(C(=O)N2CCC3(C=Cc4ccccc43)CC2)CC1)CC=N. The van der Waals surface area contributed by atoms with Crippen LogP contribution in [0.4, 0.5) is 0 Å². The van der Waals surface area contributed by atoms with Crippen molar-refractivity contribution >= 4 is 18.2 Å². The van der Waals surface area contributed by atoms with Crippen molar-refractivity contribution in [2.24, 2.45) is 5.92 Å². The van der Waals surface area contributed by atoms with Crippen molar-refractivity contribution in [3.63, 3.8) is 0 Å². The summed E-state index contributed by atoms with van der Waals surface area (Å²) in [5.41, 5.74) is 4.24. The molecule has 0 aromatic heterocycles. The number of nitrogens with one attached hydrogen (secondary N) is 1. The van der Waals surface area contributed by atoms with E-state index in [0.717, 1.165) is 64.7 Å². The molecule has 1 amide bonds. The van der Waals surface area contributed by atoms with Crippen molar-refractivity contribution in [2.45, 2.75) is 50.9 Å². The second-order valence-electron chi connectivity index (χ2n) is 8.76. The van der Waals surface area contributed by atoms with Crippen LogP contribution in [0, 0.1) is 11.3 Å². The molecule has 1 N–H and O–H groups in total. The van der Waals surface area contributed by atoms with Crippen LogP contribution in [0.15, 0.2) is 42.1 Å². The van der Waals surface area contributed by atoms with Crippen LogP contribution in [0.25, 0.3) is 6.08 Å². The third kappa shape index (κ3) is 4.03. The molecule has 1 aromatic carbocycles. The van der Waals surface area contributed by atoms with E-state index in [1.807, 2.05) is 0 Å². The molecule has 29 heavy (non-hydrogen) atoms. The first-order valence-corrected chi connectivity index (χ1v) is 11.2. The van der Waals surface area contributed by atoms with Crippen LogP contribution >= 0.6 is 0 Å². The van der Waals surface area contributed by atoms with Crippen molar-refractivity contribution in [3.8, 4) is 0 Å². The van der Waals surface area contributed by atoms with E-state index in [-0.39, 0.29) is 11.3 Å². The Balaban J connectivity index is 1.31. The van der Waals surface area contributed by atoms with Crippen LogP contribution < -0.4 is 0 Å². The highest BCUT2D eigenvalue weighted by molar-refractivity contribution is 5.79. The van der Waals surface area contributed by atoms with Gasteiger partial charge in [0.1, 0.15) is 0 Å². The lowest BCUT2D eigenvalue weighted by molar-refractivity contribution is -0.138. The fourth-order valence-corrected chi connectivity index (χ4v) is 5.21. The van der Waals surface area contributed by atoms with Gasteiger partial charge in [0.15, 0.2) is 0 Å². The standard InChI is InChI=1S/C25H33N3O/c1-2-20(8-14-26)19-27-15-9-22(10-16-27)24(29)28-17-12-25(13-18-28)11-7-21-5-3-4-6-23(21)25/h3-7,11,14,19,22,26H,2,8-10,12-13,15-18H2,1H3/b20-19-,26-14?. The van der Waals surface area contributed by atoms with Gasteiger partial charge in [-0.3, -0.25) is 4.79 Å². The fourth-order valence-electron chi connectivity index (χ4n) is 5.21. The molecule has 2 fully saturated rings. The van der Waals surface area contributed by atoms with Crippen LogP contribution in [-0.4, -0.2) is 48.1 Å². The van der Waals surface area contributed by atoms with Crippen LogP contribution in [0.3, 0.4) is 0 Å². The molecule has 1 spiro atoms. The molecule has 2 aliphatic heterocycles. The van der Waals surface area contributed by atoms with E-state index in [2.05, 4.69) is 59.3 Å². The first-order valence-electron chi connectivity index (χ1n) is 11.2. The van der Waals surface area contributed by atoms with E-state index in [1.165, 1.54) is 22.9 Å². The van der Waals surface area contributed by atoms with Gasteiger partial charge in [-0.2, -0.15) is 0 Å². The summed E-state index contributed by atoms with van der Waals surface area (Å²) in [5.74, 6) is 0.543. The molecular weight excluding hydrogens is 358 g/mol. The molecule has 0 bridgehead atoms. The lowest BCUT2D eigenvalue weighted by Gasteiger charge is -2.41. The number of hydrogen-bond donors (Lipinski definition) is 1. The number of fused-ring (bicyclic) bond motifs is 2. The molecule has 0 saturated carbocycles. The predicted molar refractivity (Wildman–Crippen MR) is 119 cm³/mol. The molecule has 0 radical (unpaired) electrons. The number of hydrogen-bond acceptors (Lipinski definition) is 3. The van der Waals surface area contributed by atoms with Crippen molar-refractivity contribution < 1.29 is 4.79 Å². The van der Waals surface area contributed by atoms with Gasteiger partial charge in [-0.25, -0.2) is 0 Å². The third-order valence-corrected chi connectivity index (χ3v) is 7.11. The Hall–Kier alpha value is -2.36. The van der Waals surface area contributed by atoms with Crippen LogP contribution in [-0.2, 0) is 10.2 Å². The monoisotopic (exact) mass is 391 g/mol. The summed E-state index contributed by atoms with van der Waals surface area (Å²) >= 11 is 0. The van der Waals surface area contributed by atoms with Crippen molar-refractivity contribution in [3.05, 3.63) is 53.2 Å². The molecule has 4 rings (SSSR count). The molecule has 1 aromatic rings. The highest BCUT2D eigenvalue weighted by Crippen LogP contribution is 2.43. The van der Waals surface area contributed by atoms with Gasteiger partial charge in [0.2, 0.25) is 5.91 Å². The summed E-state index contributed by atoms with van der Waals surface area (Å²) in [7, 11) is 0. The van der Waals surface area contributed by atoms with Crippen molar-refractivity contribution in [2.75, 3.05) is 26.2 Å². The second kappa shape index (κ2) is 8.56. The lowest BCUT2D eigenvalue weighted by Crippen LogP contribution is -2.47. The van der Waals surface area contributed by atoms with Crippen LogP contribution in [0.5, 0.6) is 0 Å². The minimum absolute atomic E-state index is 0.146. The number of piperidine rings is 2. The van der Waals surface area contributed by atoms with Crippen molar-refractivity contribution in [1.29, 1.82) is 5.41 Å². The first kappa shape index (κ1) is 19.9. The molecule has 0 unspecified atom stereocenters. The average Bonchev–Trinajstić information content (AvgIpc) is 3.12. The van der Waals surface area contributed by atoms with Crippen LogP contribution in [0.1, 0.15) is 56.6 Å². The third-order valence-electron chi connectivity index (χ3n) is 7.11. The number of nitrogens with zero attached hydrogens (tertiary/aromatic N) is 2. The number of benzene rings is 1. The molecule has 4 heteroatoms. The molecule has 2 heterocycles. The maximum atomic E-state index is 13.1. The smallest absolute Gasteiger partial charge is 0.225 e. The van der Waals surface area contributed by atoms with Gasteiger partial charge in [-0.15, -0.1) is 0 Å².